The predicted molar refractivity (Wildman–Crippen MR) is 54.9 cm³/mol. The van der Waals surface area contributed by atoms with E-state index in [1.54, 1.807) is 0 Å². The first-order chi connectivity index (χ1) is 5.74. The molecule has 6 nitrogen and oxygen atoms in total. The van der Waals surface area contributed by atoms with Gasteiger partial charge in [0.2, 0.25) is 0 Å². The Bertz CT molecular complexity index is 41.1. The van der Waals surface area contributed by atoms with Gasteiger partial charge in [-0.1, -0.05) is 0 Å². The van der Waals surface area contributed by atoms with Crippen LogP contribution < -0.4 is 59.2 Å². The first-order valence-electron chi connectivity index (χ1n) is 4.32. The fourth-order valence-corrected chi connectivity index (χ4v) is 0. The average molecular weight is 264 g/mol. The smallest absolute Gasteiger partial charge is 1.00 e. The molecule has 0 aromatic heterocycles. The van der Waals surface area contributed by atoms with Crippen LogP contribution in [0.2, 0.25) is 0 Å². The molecule has 0 bridgehead atoms. The van der Waals surface area contributed by atoms with Crippen LogP contribution in [-0.4, -0.2) is 49.4 Å². The van der Waals surface area contributed by atoms with Crippen LogP contribution in [0, 0.1) is 0 Å². The van der Waals surface area contributed by atoms with Crippen LogP contribution in [0.15, 0.2) is 0 Å². The summed E-state index contributed by atoms with van der Waals surface area (Å²) in [7, 11) is 0. The molecule has 0 heterocycles. The SMILES string of the molecule is NCC[NH3+].NCC[NH3+].[Be+2].[Cl-].[Cl-].[NH3+]CC[NH3+]. The molecule has 0 aromatic rings. The Morgan fingerprint density at radius 3 is 0.733 bits per heavy atom. The third kappa shape index (κ3) is 184. The summed E-state index contributed by atoms with van der Waals surface area (Å²) in [5.41, 5.74) is 24.0. The molecule has 0 amide bonds. The van der Waals surface area contributed by atoms with Crippen molar-refractivity contribution in [3.8, 4) is 0 Å². The second-order valence-corrected chi connectivity index (χ2v) is 1.99. The van der Waals surface area contributed by atoms with Gasteiger partial charge in [-0.15, -0.1) is 0 Å². The zero-order valence-corrected chi connectivity index (χ0v) is 11.2. The molecule has 0 rings (SSSR count). The van der Waals surface area contributed by atoms with E-state index >= 15 is 0 Å². The van der Waals surface area contributed by atoms with Gasteiger partial charge in [-0.2, -0.15) is 0 Å². The Hall–Kier alpha value is 0.509. The Morgan fingerprint density at radius 1 is 0.600 bits per heavy atom. The van der Waals surface area contributed by atoms with Gasteiger partial charge in [0.25, 0.3) is 0 Å². The number of halogens is 2. The maximum Gasteiger partial charge on any atom is 2.00 e. The van der Waals surface area contributed by atoms with Crippen molar-refractivity contribution >= 4 is 10.1 Å². The number of nitrogens with two attached hydrogens (primary N) is 2. The largest absolute Gasteiger partial charge is 2.00 e. The van der Waals surface area contributed by atoms with Gasteiger partial charge >= 0.3 is 10.1 Å². The molecule has 15 heavy (non-hydrogen) atoms. The molecule has 0 aliphatic heterocycles. The van der Waals surface area contributed by atoms with Gasteiger partial charge in [-0.3, -0.25) is 0 Å². The molecule has 9 heteroatoms. The molecule has 0 atom stereocenters. The summed E-state index contributed by atoms with van der Waals surface area (Å²) in [6, 6.07) is 0. The molecule has 0 spiro atoms. The number of rotatable bonds is 3. The van der Waals surface area contributed by atoms with Crippen molar-refractivity contribution in [1.29, 1.82) is 0 Å². The Balaban J connectivity index is -0.0000000184. The summed E-state index contributed by atoms with van der Waals surface area (Å²) < 4.78 is 0. The van der Waals surface area contributed by atoms with Crippen LogP contribution in [0.5, 0.6) is 0 Å². The summed E-state index contributed by atoms with van der Waals surface area (Å²) >= 11 is 0. The Morgan fingerprint density at radius 2 is 0.733 bits per heavy atom. The maximum absolute atomic E-state index is 4.97. The number of hydrogen-bond acceptors (Lipinski definition) is 2. The molecule has 0 aromatic carbocycles. The molecule has 0 saturated carbocycles. The van der Waals surface area contributed by atoms with E-state index in [2.05, 4.69) is 22.9 Å². The van der Waals surface area contributed by atoms with Gasteiger partial charge < -0.3 is 59.2 Å². The molecule has 0 unspecified atom stereocenters. The maximum atomic E-state index is 4.97. The normalized spacial score (nSPS) is 6.00. The fraction of sp³-hybridized carbons (Fsp3) is 1.00. The van der Waals surface area contributed by atoms with E-state index in [0.717, 1.165) is 26.2 Å². The van der Waals surface area contributed by atoms with E-state index in [4.69, 9.17) is 11.5 Å². The van der Waals surface area contributed by atoms with Crippen LogP contribution in [0.3, 0.4) is 0 Å². The molecule has 0 saturated heterocycles. The molecule has 0 fully saturated rings. The van der Waals surface area contributed by atoms with Crippen molar-refractivity contribution in [2.24, 2.45) is 11.5 Å². The molecule has 16 N–H and O–H groups in total. The minimum absolute atomic E-state index is 0. The van der Waals surface area contributed by atoms with Crippen LogP contribution >= 0.6 is 0 Å². The quantitative estimate of drug-likeness (QED) is 0.279. The Labute approximate surface area is 109 Å². The summed E-state index contributed by atoms with van der Waals surface area (Å²) in [6.45, 7) is 5.03. The number of quaternary nitrogens is 4. The zero-order valence-electron chi connectivity index (χ0n) is 9.69. The van der Waals surface area contributed by atoms with Crippen molar-refractivity contribution in [2.45, 2.75) is 0 Å². The van der Waals surface area contributed by atoms with Crippen LogP contribution in [0.4, 0.5) is 0 Å². The molecule has 0 aliphatic carbocycles. The predicted octanol–water partition coefficient (Wildman–Crippen LogP) is -12.5. The third-order valence-corrected chi connectivity index (χ3v) is 0.658. The summed E-state index contributed by atoms with van der Waals surface area (Å²) in [4.78, 5) is 0. The van der Waals surface area contributed by atoms with E-state index in [9.17, 15) is 0 Å². The van der Waals surface area contributed by atoms with Gasteiger partial charge in [0.1, 0.15) is 13.1 Å². The third-order valence-electron chi connectivity index (χ3n) is 0.658. The summed E-state index contributed by atoms with van der Waals surface area (Å²) in [5.74, 6) is 0. The minimum atomic E-state index is 0. The zero-order chi connectivity index (χ0) is 10.2. The Kier molecular flexibility index (Phi) is 150. The van der Waals surface area contributed by atoms with Gasteiger partial charge in [-0.25, -0.2) is 0 Å². The van der Waals surface area contributed by atoms with Gasteiger partial charge in [0.15, 0.2) is 0 Å². The summed E-state index contributed by atoms with van der Waals surface area (Å²) in [6.07, 6.45) is 0. The number of hydrogen-bond donors (Lipinski definition) is 6. The standard InChI is InChI=1S/3C2H8N2.Be.2ClH/c3*3-1-2-4;;;/h3*1-4H2;;2*1H/q;;;+2;;/p+2. The summed E-state index contributed by atoms with van der Waals surface area (Å²) in [5, 5.41) is 0. The second-order valence-electron chi connectivity index (χ2n) is 1.99. The fourth-order valence-electron chi connectivity index (χ4n) is 0. The van der Waals surface area contributed by atoms with E-state index in [-0.39, 0.29) is 34.9 Å². The second kappa shape index (κ2) is 62.5. The minimum Gasteiger partial charge on any atom is -1.00 e. The van der Waals surface area contributed by atoms with Crippen molar-refractivity contribution in [3.05, 3.63) is 0 Å². The molecular weight excluding hydrogens is 236 g/mol. The van der Waals surface area contributed by atoms with Crippen molar-refractivity contribution < 1.29 is 47.7 Å². The van der Waals surface area contributed by atoms with Crippen LogP contribution in [0.25, 0.3) is 0 Å². The first kappa shape index (κ1) is 36.1. The van der Waals surface area contributed by atoms with Crippen molar-refractivity contribution in [1.82, 2.24) is 0 Å². The van der Waals surface area contributed by atoms with E-state index < -0.39 is 0 Å². The molecule has 0 radical (unpaired) electrons. The van der Waals surface area contributed by atoms with Crippen molar-refractivity contribution in [2.75, 3.05) is 39.3 Å². The van der Waals surface area contributed by atoms with E-state index in [0.29, 0.717) is 13.1 Å². The van der Waals surface area contributed by atoms with E-state index in [1.807, 2.05) is 0 Å². The van der Waals surface area contributed by atoms with Gasteiger partial charge in [0.05, 0.1) is 13.1 Å². The molecule has 0 aliphatic rings. The van der Waals surface area contributed by atoms with Gasteiger partial charge in [0, 0.05) is 13.1 Å². The van der Waals surface area contributed by atoms with Crippen LogP contribution in [0.1, 0.15) is 0 Å². The first-order valence-corrected chi connectivity index (χ1v) is 4.32. The van der Waals surface area contributed by atoms with Gasteiger partial charge in [-0.05, 0) is 0 Å². The van der Waals surface area contributed by atoms with Crippen LogP contribution in [-0.2, 0) is 0 Å². The molecular formula is C6H28BeCl2N6+4. The molecule has 94 valence electrons. The van der Waals surface area contributed by atoms with E-state index in [1.165, 1.54) is 0 Å². The topological polar surface area (TPSA) is 163 Å². The monoisotopic (exact) mass is 263 g/mol. The van der Waals surface area contributed by atoms with Crippen molar-refractivity contribution in [3.63, 3.8) is 0 Å². The average Bonchev–Trinajstić information content (AvgIpc) is 2.18.